The van der Waals surface area contributed by atoms with Crippen molar-refractivity contribution in [3.05, 3.63) is 35.9 Å². The maximum Gasteiger partial charge on any atom is 0.220 e. The number of aliphatic hydroxyl groups is 1. The van der Waals surface area contributed by atoms with Gasteiger partial charge in [-0.15, -0.1) is 0 Å². The van der Waals surface area contributed by atoms with E-state index in [4.69, 9.17) is 28.4 Å². The summed E-state index contributed by atoms with van der Waals surface area (Å²) in [6.45, 7) is 3.89. The Labute approximate surface area is 147 Å². The van der Waals surface area contributed by atoms with Gasteiger partial charge in [0.05, 0.1) is 13.2 Å². The summed E-state index contributed by atoms with van der Waals surface area (Å²) in [5.74, 6) is -2.36. The van der Waals surface area contributed by atoms with Crippen molar-refractivity contribution in [3.63, 3.8) is 0 Å². The summed E-state index contributed by atoms with van der Waals surface area (Å²) in [6.07, 6.45) is -2.84. The Morgan fingerprint density at radius 3 is 2.24 bits per heavy atom. The molecule has 1 unspecified atom stereocenters. The first-order valence-corrected chi connectivity index (χ1v) is 8.33. The van der Waals surface area contributed by atoms with Crippen molar-refractivity contribution < 1.29 is 33.5 Å². The SMILES string of the molecule is CO[C@]1(C)O[C@H]2[C@@H](O)COC(OCc3ccccc3)[C@@H]2O[C@@]1(C)OC. The molecule has 6 atom stereocenters. The molecule has 2 fully saturated rings. The highest BCUT2D eigenvalue weighted by Crippen LogP contribution is 2.42. The van der Waals surface area contributed by atoms with Crippen LogP contribution >= 0.6 is 0 Å². The van der Waals surface area contributed by atoms with Gasteiger partial charge in [0, 0.05) is 14.2 Å². The lowest BCUT2D eigenvalue weighted by Crippen LogP contribution is -2.71. The lowest BCUT2D eigenvalue weighted by Gasteiger charge is -2.55. The van der Waals surface area contributed by atoms with Gasteiger partial charge in [-0.05, 0) is 19.4 Å². The van der Waals surface area contributed by atoms with E-state index in [9.17, 15) is 5.11 Å². The quantitative estimate of drug-likeness (QED) is 0.857. The Bertz CT molecular complexity index is 568. The second-order valence-electron chi connectivity index (χ2n) is 6.53. The van der Waals surface area contributed by atoms with Crippen LogP contribution in [0.4, 0.5) is 0 Å². The molecule has 1 aromatic rings. The zero-order chi connectivity index (χ0) is 18.1. The third-order valence-electron chi connectivity index (χ3n) is 4.99. The molecule has 2 aliphatic rings. The van der Waals surface area contributed by atoms with Crippen molar-refractivity contribution in [2.45, 2.75) is 56.6 Å². The monoisotopic (exact) mass is 354 g/mol. The van der Waals surface area contributed by atoms with Crippen molar-refractivity contribution in [1.82, 2.24) is 0 Å². The number of hydrogen-bond acceptors (Lipinski definition) is 7. The van der Waals surface area contributed by atoms with Crippen LogP contribution in [0.3, 0.4) is 0 Å². The molecule has 2 saturated heterocycles. The molecule has 7 heteroatoms. The van der Waals surface area contributed by atoms with Gasteiger partial charge in [-0.2, -0.15) is 0 Å². The minimum absolute atomic E-state index is 0.0907. The fourth-order valence-electron chi connectivity index (χ4n) is 3.12. The Morgan fingerprint density at radius 1 is 1.04 bits per heavy atom. The first-order valence-electron chi connectivity index (χ1n) is 8.33. The highest BCUT2D eigenvalue weighted by molar-refractivity contribution is 5.13. The normalized spacial score (nSPS) is 41.3. The van der Waals surface area contributed by atoms with E-state index in [-0.39, 0.29) is 6.61 Å². The molecule has 1 N–H and O–H groups in total. The Kier molecular flexibility index (Phi) is 5.45. The van der Waals surface area contributed by atoms with Gasteiger partial charge >= 0.3 is 0 Å². The summed E-state index contributed by atoms with van der Waals surface area (Å²) in [4.78, 5) is 0. The molecular formula is C18H26O7. The summed E-state index contributed by atoms with van der Waals surface area (Å²) < 4.78 is 34.7. The maximum atomic E-state index is 10.3. The molecule has 3 rings (SSSR count). The van der Waals surface area contributed by atoms with Gasteiger partial charge in [-0.25, -0.2) is 0 Å². The average molecular weight is 354 g/mol. The second kappa shape index (κ2) is 7.28. The third-order valence-corrected chi connectivity index (χ3v) is 4.99. The fourth-order valence-corrected chi connectivity index (χ4v) is 3.12. The zero-order valence-electron chi connectivity index (χ0n) is 15.0. The fraction of sp³-hybridized carbons (Fsp3) is 0.667. The van der Waals surface area contributed by atoms with Crippen molar-refractivity contribution >= 4 is 0 Å². The van der Waals surface area contributed by atoms with Crippen molar-refractivity contribution in [2.75, 3.05) is 20.8 Å². The molecule has 0 aliphatic carbocycles. The lowest BCUT2D eigenvalue weighted by atomic mass is 9.98. The van der Waals surface area contributed by atoms with Crippen LogP contribution in [0.5, 0.6) is 0 Å². The van der Waals surface area contributed by atoms with E-state index in [0.717, 1.165) is 5.56 Å². The molecule has 1 aromatic carbocycles. The number of rotatable bonds is 5. The van der Waals surface area contributed by atoms with Crippen LogP contribution in [0, 0.1) is 0 Å². The molecule has 140 valence electrons. The number of hydrogen-bond donors (Lipinski definition) is 1. The van der Waals surface area contributed by atoms with Gasteiger partial charge in [0.25, 0.3) is 0 Å². The summed E-state index contributed by atoms with van der Waals surface area (Å²) >= 11 is 0. The minimum atomic E-state index is -1.18. The summed E-state index contributed by atoms with van der Waals surface area (Å²) in [7, 11) is 3.02. The topological polar surface area (TPSA) is 75.6 Å². The first-order chi connectivity index (χ1) is 11.9. The summed E-state index contributed by atoms with van der Waals surface area (Å²) in [6, 6.07) is 9.77. The number of methoxy groups -OCH3 is 2. The summed E-state index contributed by atoms with van der Waals surface area (Å²) in [5, 5.41) is 10.3. The molecule has 0 radical (unpaired) electrons. The van der Waals surface area contributed by atoms with Crippen molar-refractivity contribution in [1.29, 1.82) is 0 Å². The van der Waals surface area contributed by atoms with E-state index < -0.39 is 36.2 Å². The van der Waals surface area contributed by atoms with Crippen LogP contribution in [0.25, 0.3) is 0 Å². The molecular weight excluding hydrogens is 328 g/mol. The molecule has 7 nitrogen and oxygen atoms in total. The van der Waals surface area contributed by atoms with E-state index in [2.05, 4.69) is 0 Å². The second-order valence-corrected chi connectivity index (χ2v) is 6.53. The van der Waals surface area contributed by atoms with Crippen LogP contribution in [0.2, 0.25) is 0 Å². The molecule has 25 heavy (non-hydrogen) atoms. The third kappa shape index (κ3) is 3.46. The van der Waals surface area contributed by atoms with E-state index >= 15 is 0 Å². The largest absolute Gasteiger partial charge is 0.388 e. The zero-order valence-corrected chi connectivity index (χ0v) is 15.0. The number of fused-ring (bicyclic) bond motifs is 1. The predicted octanol–water partition coefficient (Wildman–Crippen LogP) is 1.43. The van der Waals surface area contributed by atoms with Crippen molar-refractivity contribution in [2.24, 2.45) is 0 Å². The Morgan fingerprint density at radius 2 is 1.64 bits per heavy atom. The molecule has 0 amide bonds. The highest BCUT2D eigenvalue weighted by atomic mass is 16.8. The Balaban J connectivity index is 1.77. The van der Waals surface area contributed by atoms with Crippen LogP contribution in [0.15, 0.2) is 30.3 Å². The van der Waals surface area contributed by atoms with Gasteiger partial charge < -0.3 is 33.5 Å². The van der Waals surface area contributed by atoms with Gasteiger partial charge in [-0.3, -0.25) is 0 Å². The predicted molar refractivity (Wildman–Crippen MR) is 87.6 cm³/mol. The average Bonchev–Trinajstić information content (AvgIpc) is 2.64. The van der Waals surface area contributed by atoms with E-state index in [1.54, 1.807) is 13.8 Å². The molecule has 2 aliphatic heterocycles. The van der Waals surface area contributed by atoms with Crippen LogP contribution in [-0.2, 0) is 35.0 Å². The molecule has 0 spiro atoms. The van der Waals surface area contributed by atoms with Crippen LogP contribution in [0.1, 0.15) is 19.4 Å². The highest BCUT2D eigenvalue weighted by Gasteiger charge is 2.61. The first kappa shape index (κ1) is 18.7. The van der Waals surface area contributed by atoms with E-state index in [1.165, 1.54) is 14.2 Å². The van der Waals surface area contributed by atoms with Gasteiger partial charge in [0.1, 0.15) is 18.3 Å². The molecule has 0 aromatic heterocycles. The molecule has 0 saturated carbocycles. The van der Waals surface area contributed by atoms with Gasteiger partial charge in [-0.1, -0.05) is 30.3 Å². The van der Waals surface area contributed by atoms with Gasteiger partial charge in [0.15, 0.2) is 6.29 Å². The lowest BCUT2D eigenvalue weighted by molar-refractivity contribution is -0.479. The number of benzene rings is 1. The number of ether oxygens (including phenoxy) is 6. The maximum absolute atomic E-state index is 10.3. The Hall–Kier alpha value is -1.06. The molecule has 0 bridgehead atoms. The minimum Gasteiger partial charge on any atom is -0.388 e. The van der Waals surface area contributed by atoms with E-state index in [1.807, 2.05) is 30.3 Å². The van der Waals surface area contributed by atoms with Crippen molar-refractivity contribution in [3.8, 4) is 0 Å². The van der Waals surface area contributed by atoms with Crippen LogP contribution in [-0.4, -0.2) is 62.1 Å². The smallest absolute Gasteiger partial charge is 0.220 e. The van der Waals surface area contributed by atoms with Gasteiger partial charge in [0.2, 0.25) is 11.6 Å². The summed E-state index contributed by atoms with van der Waals surface area (Å²) in [5.41, 5.74) is 1.02. The van der Waals surface area contributed by atoms with Crippen LogP contribution < -0.4 is 0 Å². The number of aliphatic hydroxyl groups excluding tert-OH is 1. The van der Waals surface area contributed by atoms with E-state index in [0.29, 0.717) is 6.61 Å². The standard InChI is InChI=1S/C18H26O7/c1-17(20-3)18(2,21-4)25-15-14(24-17)13(19)11-23-16(15)22-10-12-8-6-5-7-9-12/h5-9,13-16,19H,10-11H2,1-4H3/t13-,14-,15+,16?,17+,18+/m0/s1. The molecule has 2 heterocycles.